The van der Waals surface area contributed by atoms with Crippen LogP contribution in [0.4, 0.5) is 0 Å². The molecule has 112 valence electrons. The van der Waals surface area contributed by atoms with Crippen LogP contribution in [0.25, 0.3) is 0 Å². The molecule has 0 saturated carbocycles. The Hall–Kier alpha value is -1.76. The van der Waals surface area contributed by atoms with Crippen LogP contribution in [0.2, 0.25) is 0 Å². The fourth-order valence-electron chi connectivity index (χ4n) is 1.88. The summed E-state index contributed by atoms with van der Waals surface area (Å²) in [4.78, 5) is 4.30. The first-order chi connectivity index (χ1) is 9.99. The van der Waals surface area contributed by atoms with Gasteiger partial charge in [0.1, 0.15) is 0 Å². The quantitative estimate of drug-likeness (QED) is 0.850. The minimum absolute atomic E-state index is 0.155. The largest absolute Gasteiger partial charge is 0.389 e. The molecule has 0 radical (unpaired) electrons. The van der Waals surface area contributed by atoms with Crippen molar-refractivity contribution in [2.75, 3.05) is 6.54 Å². The average Bonchev–Trinajstić information content (AvgIpc) is 2.48. The van der Waals surface area contributed by atoms with Gasteiger partial charge >= 0.3 is 0 Å². The minimum Gasteiger partial charge on any atom is -0.389 e. The van der Waals surface area contributed by atoms with E-state index in [0.29, 0.717) is 12.0 Å². The first-order valence-corrected chi connectivity index (χ1v) is 8.15. The zero-order chi connectivity index (χ0) is 15.3. The van der Waals surface area contributed by atoms with Gasteiger partial charge in [0.25, 0.3) is 0 Å². The lowest BCUT2D eigenvalue weighted by molar-refractivity contribution is 0.199. The Labute approximate surface area is 124 Å². The van der Waals surface area contributed by atoms with E-state index in [1.807, 2.05) is 18.2 Å². The molecule has 0 fully saturated rings. The van der Waals surface area contributed by atoms with Gasteiger partial charge < -0.3 is 5.11 Å². The minimum atomic E-state index is -3.58. The number of hydrogen-bond acceptors (Lipinski definition) is 4. The number of hydrogen-bond donors (Lipinski definition) is 2. The van der Waals surface area contributed by atoms with E-state index in [9.17, 15) is 13.5 Å². The Kier molecular flexibility index (Phi) is 5.06. The monoisotopic (exact) mass is 306 g/mol. The molecular formula is C15H18N2O3S. The average molecular weight is 306 g/mol. The van der Waals surface area contributed by atoms with Crippen LogP contribution in [0.5, 0.6) is 0 Å². The summed E-state index contributed by atoms with van der Waals surface area (Å²) in [5, 5.41) is 9.52. The van der Waals surface area contributed by atoms with E-state index < -0.39 is 16.1 Å². The third kappa shape index (κ3) is 4.35. The molecule has 2 aromatic rings. The number of aromatic nitrogens is 1. The maximum atomic E-state index is 12.2. The van der Waals surface area contributed by atoms with Crippen LogP contribution in [0.3, 0.4) is 0 Å². The van der Waals surface area contributed by atoms with Gasteiger partial charge in [0.15, 0.2) is 0 Å². The molecule has 0 aliphatic heterocycles. The number of pyridine rings is 1. The second-order valence-corrected chi connectivity index (χ2v) is 6.48. The number of rotatable bonds is 6. The van der Waals surface area contributed by atoms with Gasteiger partial charge in [-0.3, -0.25) is 4.98 Å². The molecule has 2 N–H and O–H groups in total. The van der Waals surface area contributed by atoms with Crippen LogP contribution >= 0.6 is 0 Å². The van der Waals surface area contributed by atoms with Crippen molar-refractivity contribution in [1.82, 2.24) is 9.71 Å². The van der Waals surface area contributed by atoms with Crippen molar-refractivity contribution in [2.45, 2.75) is 24.3 Å². The first kappa shape index (κ1) is 15.6. The maximum absolute atomic E-state index is 12.2. The van der Waals surface area contributed by atoms with Gasteiger partial charge in [0.05, 0.1) is 11.0 Å². The third-order valence-electron chi connectivity index (χ3n) is 3.05. The lowest BCUT2D eigenvalue weighted by atomic mass is 10.1. The standard InChI is InChI=1S/C15H18N2O3S/c1-12(18)13-5-4-7-15(11-13)21(19,20)17-10-8-14-6-2-3-9-16-14/h2-7,9,11-12,17-18H,8,10H2,1H3. The Morgan fingerprint density at radius 3 is 2.71 bits per heavy atom. The van der Waals surface area contributed by atoms with Gasteiger partial charge in [-0.15, -0.1) is 0 Å². The summed E-state index contributed by atoms with van der Waals surface area (Å²) < 4.78 is 26.9. The molecule has 1 heterocycles. The summed E-state index contributed by atoms with van der Waals surface area (Å²) in [6, 6.07) is 11.8. The molecule has 21 heavy (non-hydrogen) atoms. The smallest absolute Gasteiger partial charge is 0.240 e. The fourth-order valence-corrected chi connectivity index (χ4v) is 2.97. The molecule has 0 spiro atoms. The van der Waals surface area contributed by atoms with Crippen molar-refractivity contribution in [3.63, 3.8) is 0 Å². The lowest BCUT2D eigenvalue weighted by Crippen LogP contribution is -2.26. The highest BCUT2D eigenvalue weighted by Gasteiger charge is 2.14. The van der Waals surface area contributed by atoms with Crippen molar-refractivity contribution in [2.24, 2.45) is 0 Å². The molecule has 0 bridgehead atoms. The fraction of sp³-hybridized carbons (Fsp3) is 0.267. The van der Waals surface area contributed by atoms with Gasteiger partial charge in [0, 0.05) is 24.9 Å². The van der Waals surface area contributed by atoms with Crippen LogP contribution in [0.15, 0.2) is 53.6 Å². The second kappa shape index (κ2) is 6.80. The second-order valence-electron chi connectivity index (χ2n) is 4.72. The van der Waals surface area contributed by atoms with E-state index in [1.165, 1.54) is 12.1 Å². The Morgan fingerprint density at radius 2 is 2.05 bits per heavy atom. The SMILES string of the molecule is CC(O)c1cccc(S(=O)(=O)NCCc2ccccn2)c1. The van der Waals surface area contributed by atoms with E-state index in [0.717, 1.165) is 5.69 Å². The van der Waals surface area contributed by atoms with Crippen molar-refractivity contribution in [3.8, 4) is 0 Å². The summed E-state index contributed by atoms with van der Waals surface area (Å²) in [6.07, 6.45) is 1.50. The number of sulfonamides is 1. The Balaban J connectivity index is 2.03. The molecule has 2 rings (SSSR count). The number of aliphatic hydroxyl groups is 1. The third-order valence-corrected chi connectivity index (χ3v) is 4.51. The highest BCUT2D eigenvalue weighted by atomic mass is 32.2. The van der Waals surface area contributed by atoms with Crippen LogP contribution in [0.1, 0.15) is 24.3 Å². The summed E-state index contributed by atoms with van der Waals surface area (Å²) >= 11 is 0. The van der Waals surface area contributed by atoms with Gasteiger partial charge in [-0.1, -0.05) is 18.2 Å². The summed E-state index contributed by atoms with van der Waals surface area (Å²) in [5.74, 6) is 0. The van der Waals surface area contributed by atoms with E-state index in [-0.39, 0.29) is 11.4 Å². The molecule has 0 saturated heterocycles. The van der Waals surface area contributed by atoms with E-state index in [1.54, 1.807) is 25.3 Å². The number of aliphatic hydroxyl groups excluding tert-OH is 1. The molecule has 1 aromatic carbocycles. The van der Waals surface area contributed by atoms with E-state index in [4.69, 9.17) is 0 Å². The van der Waals surface area contributed by atoms with E-state index >= 15 is 0 Å². The van der Waals surface area contributed by atoms with Crippen molar-refractivity contribution in [3.05, 3.63) is 59.9 Å². The summed E-state index contributed by atoms with van der Waals surface area (Å²) in [6.45, 7) is 1.87. The van der Waals surface area contributed by atoms with Gasteiger partial charge in [-0.2, -0.15) is 0 Å². The summed E-state index contributed by atoms with van der Waals surface area (Å²) in [7, 11) is -3.58. The first-order valence-electron chi connectivity index (χ1n) is 6.66. The Morgan fingerprint density at radius 1 is 1.24 bits per heavy atom. The number of nitrogens with one attached hydrogen (secondary N) is 1. The van der Waals surface area contributed by atoms with Gasteiger partial charge in [0.2, 0.25) is 10.0 Å². The normalized spacial score (nSPS) is 13.0. The highest BCUT2D eigenvalue weighted by Crippen LogP contribution is 2.17. The van der Waals surface area contributed by atoms with Crippen LogP contribution in [-0.2, 0) is 16.4 Å². The van der Waals surface area contributed by atoms with Gasteiger partial charge in [-0.05, 0) is 36.8 Å². The number of nitrogens with zero attached hydrogens (tertiary/aromatic N) is 1. The molecule has 1 unspecified atom stereocenters. The van der Waals surface area contributed by atoms with Crippen LogP contribution in [0, 0.1) is 0 Å². The lowest BCUT2D eigenvalue weighted by Gasteiger charge is -2.09. The molecular weight excluding hydrogens is 288 g/mol. The summed E-state index contributed by atoms with van der Waals surface area (Å²) in [5.41, 5.74) is 1.40. The Bertz CT molecular complexity index is 685. The van der Waals surface area contributed by atoms with Crippen molar-refractivity contribution in [1.29, 1.82) is 0 Å². The topological polar surface area (TPSA) is 79.3 Å². The molecule has 0 amide bonds. The predicted molar refractivity (Wildman–Crippen MR) is 80.2 cm³/mol. The van der Waals surface area contributed by atoms with Crippen LogP contribution < -0.4 is 4.72 Å². The molecule has 5 nitrogen and oxygen atoms in total. The molecule has 0 aliphatic carbocycles. The van der Waals surface area contributed by atoms with Crippen molar-refractivity contribution >= 4 is 10.0 Å². The van der Waals surface area contributed by atoms with Crippen molar-refractivity contribution < 1.29 is 13.5 Å². The van der Waals surface area contributed by atoms with Gasteiger partial charge in [-0.25, -0.2) is 13.1 Å². The highest BCUT2D eigenvalue weighted by molar-refractivity contribution is 7.89. The molecule has 1 atom stereocenters. The van der Waals surface area contributed by atoms with E-state index in [2.05, 4.69) is 9.71 Å². The zero-order valence-electron chi connectivity index (χ0n) is 11.7. The predicted octanol–water partition coefficient (Wildman–Crippen LogP) is 1.66. The number of benzene rings is 1. The van der Waals surface area contributed by atoms with Crippen LogP contribution in [-0.4, -0.2) is 25.1 Å². The maximum Gasteiger partial charge on any atom is 0.240 e. The molecule has 1 aromatic heterocycles. The zero-order valence-corrected chi connectivity index (χ0v) is 12.5. The molecule has 6 heteroatoms. The molecule has 0 aliphatic rings.